The van der Waals surface area contributed by atoms with E-state index in [4.69, 9.17) is 0 Å². The van der Waals surface area contributed by atoms with Gasteiger partial charge < -0.3 is 15.3 Å². The van der Waals surface area contributed by atoms with Crippen LogP contribution in [-0.2, 0) is 6.54 Å². The lowest BCUT2D eigenvalue weighted by Crippen LogP contribution is -2.39. The number of aliphatic hydroxyl groups excluding tert-OH is 1. The molecular weight excluding hydrogens is 231 g/mol. The summed E-state index contributed by atoms with van der Waals surface area (Å²) >= 11 is 0. The summed E-state index contributed by atoms with van der Waals surface area (Å²) in [6.45, 7) is 5.13. The highest BCUT2D eigenvalue weighted by molar-refractivity contribution is 5.54. The molecule has 1 aromatic rings. The van der Waals surface area contributed by atoms with Crippen molar-refractivity contribution in [2.24, 2.45) is 0 Å². The van der Waals surface area contributed by atoms with Gasteiger partial charge in [-0.15, -0.1) is 0 Å². The lowest BCUT2D eigenvalue weighted by atomic mass is 10.0. The van der Waals surface area contributed by atoms with Crippen molar-refractivity contribution in [1.29, 1.82) is 0 Å². The predicted octanol–water partition coefficient (Wildman–Crippen LogP) is 1.90. The summed E-state index contributed by atoms with van der Waals surface area (Å²) < 4.78 is 13.3. The number of piperidine rings is 1. The van der Waals surface area contributed by atoms with Crippen LogP contribution in [-0.4, -0.2) is 30.8 Å². The van der Waals surface area contributed by atoms with Crippen LogP contribution in [0.15, 0.2) is 18.2 Å². The first-order chi connectivity index (χ1) is 8.70. The summed E-state index contributed by atoms with van der Waals surface area (Å²) in [7, 11) is 0. The van der Waals surface area contributed by atoms with E-state index in [1.54, 1.807) is 6.07 Å². The van der Waals surface area contributed by atoms with E-state index >= 15 is 0 Å². The standard InChI is InChI=1S/C14H21FN2O/c1-2-16-9-11-8-12(15)5-6-14(11)17-7-3-4-13(18)10-17/h5-6,8,13,16,18H,2-4,7,9-10H2,1H3. The smallest absolute Gasteiger partial charge is 0.123 e. The van der Waals surface area contributed by atoms with E-state index in [1.807, 2.05) is 13.0 Å². The highest BCUT2D eigenvalue weighted by atomic mass is 19.1. The van der Waals surface area contributed by atoms with Crippen LogP contribution in [0.3, 0.4) is 0 Å². The van der Waals surface area contributed by atoms with E-state index in [-0.39, 0.29) is 11.9 Å². The first-order valence-electron chi connectivity index (χ1n) is 6.63. The molecule has 0 spiro atoms. The Balaban J connectivity index is 2.19. The van der Waals surface area contributed by atoms with Gasteiger partial charge in [0, 0.05) is 25.3 Å². The van der Waals surface area contributed by atoms with E-state index in [0.29, 0.717) is 13.1 Å². The fourth-order valence-electron chi connectivity index (χ4n) is 2.44. The van der Waals surface area contributed by atoms with Crippen molar-refractivity contribution >= 4 is 5.69 Å². The van der Waals surface area contributed by atoms with Gasteiger partial charge in [0.15, 0.2) is 0 Å². The second kappa shape index (κ2) is 6.16. The molecule has 4 heteroatoms. The van der Waals surface area contributed by atoms with Gasteiger partial charge in [-0.05, 0) is 43.1 Å². The van der Waals surface area contributed by atoms with E-state index in [9.17, 15) is 9.50 Å². The Morgan fingerprint density at radius 3 is 3.06 bits per heavy atom. The second-order valence-electron chi connectivity index (χ2n) is 4.80. The maximum atomic E-state index is 13.3. The maximum Gasteiger partial charge on any atom is 0.123 e. The Labute approximate surface area is 108 Å². The summed E-state index contributed by atoms with van der Waals surface area (Å²) in [5, 5.41) is 13.0. The monoisotopic (exact) mass is 252 g/mol. The summed E-state index contributed by atoms with van der Waals surface area (Å²) in [5.41, 5.74) is 2.00. The molecule has 1 aliphatic rings. The van der Waals surface area contributed by atoms with E-state index < -0.39 is 0 Å². The first-order valence-corrected chi connectivity index (χ1v) is 6.63. The van der Waals surface area contributed by atoms with Crippen LogP contribution in [0.5, 0.6) is 0 Å². The van der Waals surface area contributed by atoms with Crippen molar-refractivity contribution in [1.82, 2.24) is 5.32 Å². The molecule has 18 heavy (non-hydrogen) atoms. The van der Waals surface area contributed by atoms with Crippen LogP contribution < -0.4 is 10.2 Å². The largest absolute Gasteiger partial charge is 0.391 e. The van der Waals surface area contributed by atoms with Gasteiger partial charge in [-0.1, -0.05) is 6.92 Å². The minimum Gasteiger partial charge on any atom is -0.391 e. The third-order valence-corrected chi connectivity index (χ3v) is 3.34. The van der Waals surface area contributed by atoms with E-state index in [0.717, 1.165) is 37.2 Å². The number of rotatable bonds is 4. The molecule has 0 saturated carbocycles. The van der Waals surface area contributed by atoms with Crippen LogP contribution in [0.1, 0.15) is 25.3 Å². The molecule has 1 aliphatic heterocycles. The zero-order valence-corrected chi connectivity index (χ0v) is 10.8. The van der Waals surface area contributed by atoms with Gasteiger partial charge in [0.2, 0.25) is 0 Å². The average molecular weight is 252 g/mol. The molecule has 0 amide bonds. The zero-order chi connectivity index (χ0) is 13.0. The van der Waals surface area contributed by atoms with E-state index in [1.165, 1.54) is 6.07 Å². The Hall–Kier alpha value is -1.13. The number of anilines is 1. The first kappa shape index (κ1) is 13.3. The van der Waals surface area contributed by atoms with Crippen LogP contribution in [0.25, 0.3) is 0 Å². The second-order valence-corrected chi connectivity index (χ2v) is 4.80. The Kier molecular flexibility index (Phi) is 4.55. The molecule has 2 rings (SSSR count). The fraction of sp³-hybridized carbons (Fsp3) is 0.571. The third kappa shape index (κ3) is 3.21. The summed E-state index contributed by atoms with van der Waals surface area (Å²) in [4.78, 5) is 2.15. The van der Waals surface area contributed by atoms with Crippen LogP contribution in [0.2, 0.25) is 0 Å². The highest BCUT2D eigenvalue weighted by Gasteiger charge is 2.20. The number of hydrogen-bond donors (Lipinski definition) is 2. The molecule has 1 saturated heterocycles. The SMILES string of the molecule is CCNCc1cc(F)ccc1N1CCCC(O)C1. The third-order valence-electron chi connectivity index (χ3n) is 3.34. The number of nitrogens with one attached hydrogen (secondary N) is 1. The summed E-state index contributed by atoms with van der Waals surface area (Å²) in [6, 6.07) is 4.89. The van der Waals surface area contributed by atoms with Gasteiger partial charge in [-0.2, -0.15) is 0 Å². The summed E-state index contributed by atoms with van der Waals surface area (Å²) in [6.07, 6.45) is 1.58. The Morgan fingerprint density at radius 1 is 1.50 bits per heavy atom. The average Bonchev–Trinajstić information content (AvgIpc) is 2.36. The minimum atomic E-state index is -0.268. The predicted molar refractivity (Wildman–Crippen MR) is 71.2 cm³/mol. The molecule has 1 atom stereocenters. The number of benzene rings is 1. The van der Waals surface area contributed by atoms with Gasteiger partial charge in [-0.3, -0.25) is 0 Å². The molecule has 1 aromatic carbocycles. The normalized spacial score (nSPS) is 20.2. The van der Waals surface area contributed by atoms with Gasteiger partial charge in [-0.25, -0.2) is 4.39 Å². The van der Waals surface area contributed by atoms with Crippen molar-refractivity contribution in [2.45, 2.75) is 32.4 Å². The molecular formula is C14H21FN2O. The molecule has 0 aromatic heterocycles. The van der Waals surface area contributed by atoms with E-state index in [2.05, 4.69) is 10.2 Å². The van der Waals surface area contributed by atoms with Crippen molar-refractivity contribution in [3.05, 3.63) is 29.6 Å². The molecule has 3 nitrogen and oxygen atoms in total. The topological polar surface area (TPSA) is 35.5 Å². The number of β-amino-alcohol motifs (C(OH)–C–C–N with tert-alkyl or cyclic N) is 1. The summed E-state index contributed by atoms with van der Waals surface area (Å²) in [5.74, 6) is -0.204. The van der Waals surface area contributed by atoms with Crippen LogP contribution >= 0.6 is 0 Å². The molecule has 0 bridgehead atoms. The highest BCUT2D eigenvalue weighted by Crippen LogP contribution is 2.25. The minimum absolute atomic E-state index is 0.204. The zero-order valence-electron chi connectivity index (χ0n) is 10.8. The van der Waals surface area contributed by atoms with Gasteiger partial charge >= 0.3 is 0 Å². The lowest BCUT2D eigenvalue weighted by molar-refractivity contribution is 0.154. The number of aliphatic hydroxyl groups is 1. The number of hydrogen-bond acceptors (Lipinski definition) is 3. The molecule has 100 valence electrons. The maximum absolute atomic E-state index is 13.3. The van der Waals surface area contributed by atoms with Gasteiger partial charge in [0.25, 0.3) is 0 Å². The van der Waals surface area contributed by atoms with Crippen molar-refractivity contribution in [3.8, 4) is 0 Å². The Morgan fingerprint density at radius 2 is 2.33 bits per heavy atom. The van der Waals surface area contributed by atoms with Crippen LogP contribution in [0, 0.1) is 5.82 Å². The van der Waals surface area contributed by atoms with Gasteiger partial charge in [0.1, 0.15) is 5.82 Å². The van der Waals surface area contributed by atoms with Crippen molar-refractivity contribution < 1.29 is 9.50 Å². The molecule has 0 radical (unpaired) electrons. The van der Waals surface area contributed by atoms with Crippen molar-refractivity contribution in [3.63, 3.8) is 0 Å². The van der Waals surface area contributed by atoms with Crippen LogP contribution in [0.4, 0.5) is 10.1 Å². The number of nitrogens with zero attached hydrogens (tertiary/aromatic N) is 1. The molecule has 1 fully saturated rings. The number of halogens is 1. The van der Waals surface area contributed by atoms with Crippen molar-refractivity contribution in [2.75, 3.05) is 24.5 Å². The lowest BCUT2D eigenvalue weighted by Gasteiger charge is -2.33. The molecule has 1 heterocycles. The molecule has 2 N–H and O–H groups in total. The molecule has 0 aliphatic carbocycles. The van der Waals surface area contributed by atoms with Gasteiger partial charge in [0.05, 0.1) is 6.10 Å². The molecule has 1 unspecified atom stereocenters. The quantitative estimate of drug-likeness (QED) is 0.859. The fourth-order valence-corrected chi connectivity index (χ4v) is 2.44. The Bertz CT molecular complexity index is 397.